The summed E-state index contributed by atoms with van der Waals surface area (Å²) in [7, 11) is 0. The molecule has 0 radical (unpaired) electrons. The Morgan fingerprint density at radius 1 is 0.964 bits per heavy atom. The third kappa shape index (κ3) is 5.02. The van der Waals surface area contributed by atoms with Crippen LogP contribution >= 0.6 is 0 Å². The van der Waals surface area contributed by atoms with Gasteiger partial charge in [0.1, 0.15) is 0 Å². The molecule has 3 nitrogen and oxygen atoms in total. The van der Waals surface area contributed by atoms with Gasteiger partial charge in [0.05, 0.1) is 5.92 Å². The number of rotatable bonds is 7. The van der Waals surface area contributed by atoms with Gasteiger partial charge in [-0.05, 0) is 47.4 Å². The van der Waals surface area contributed by atoms with E-state index < -0.39 is 11.9 Å². The van der Waals surface area contributed by atoms with E-state index in [1.807, 2.05) is 42.5 Å². The third-order valence-electron chi connectivity index (χ3n) is 4.62. The smallest absolute Gasteiger partial charge is 0.311 e. The quantitative estimate of drug-likeness (QED) is 0.537. The lowest BCUT2D eigenvalue weighted by atomic mass is 9.96. The summed E-state index contributed by atoms with van der Waals surface area (Å²) in [5, 5.41) is 12.8. The second-order valence-electron chi connectivity index (χ2n) is 6.56. The number of anilines is 1. The molecule has 0 spiro atoms. The Morgan fingerprint density at radius 3 is 2.36 bits per heavy atom. The predicted octanol–water partition coefficient (Wildman–Crippen LogP) is 5.55. The Morgan fingerprint density at radius 2 is 1.68 bits per heavy atom. The largest absolute Gasteiger partial charge is 0.481 e. The second kappa shape index (κ2) is 9.43. The van der Waals surface area contributed by atoms with Crippen molar-refractivity contribution in [1.82, 2.24) is 0 Å². The number of carboxylic acid groups (broad SMARTS) is 1. The van der Waals surface area contributed by atoms with E-state index in [0.717, 1.165) is 11.3 Å². The van der Waals surface area contributed by atoms with Crippen LogP contribution in [-0.4, -0.2) is 11.1 Å². The Kier molecular flexibility index (Phi) is 6.49. The highest BCUT2D eigenvalue weighted by Crippen LogP contribution is 2.23. The Bertz CT molecular complexity index is 982. The highest BCUT2D eigenvalue weighted by molar-refractivity contribution is 5.76. The zero-order valence-corrected chi connectivity index (χ0v) is 15.9. The summed E-state index contributed by atoms with van der Waals surface area (Å²) in [5.41, 5.74) is 5.30. The number of hydrogen-bond donors (Lipinski definition) is 2. The van der Waals surface area contributed by atoms with E-state index >= 15 is 0 Å². The molecule has 0 bridgehead atoms. The van der Waals surface area contributed by atoms with Gasteiger partial charge >= 0.3 is 5.97 Å². The maximum atomic E-state index is 11.5. The van der Waals surface area contributed by atoms with Crippen LogP contribution < -0.4 is 5.32 Å². The SMILES string of the molecule is CC#CCC(C(=O)O)c1ccc(NCc2cccc(-c3ccccc3)c2)cc1. The van der Waals surface area contributed by atoms with E-state index in [0.29, 0.717) is 13.0 Å². The normalized spacial score (nSPS) is 11.2. The number of aliphatic carboxylic acids is 1. The molecule has 3 aromatic carbocycles. The lowest BCUT2D eigenvalue weighted by Gasteiger charge is -2.12. The van der Waals surface area contributed by atoms with Crippen molar-refractivity contribution in [3.05, 3.63) is 90.0 Å². The molecule has 140 valence electrons. The average molecular weight is 369 g/mol. The van der Waals surface area contributed by atoms with Crippen molar-refractivity contribution < 1.29 is 9.90 Å². The first-order chi connectivity index (χ1) is 13.7. The van der Waals surface area contributed by atoms with Crippen molar-refractivity contribution in [2.45, 2.75) is 25.8 Å². The van der Waals surface area contributed by atoms with Crippen molar-refractivity contribution in [2.24, 2.45) is 0 Å². The number of carbonyl (C=O) groups is 1. The molecule has 0 aliphatic carbocycles. The highest BCUT2D eigenvalue weighted by atomic mass is 16.4. The van der Waals surface area contributed by atoms with Gasteiger partial charge < -0.3 is 10.4 Å². The molecule has 1 atom stereocenters. The molecule has 2 N–H and O–H groups in total. The molecule has 3 rings (SSSR count). The minimum absolute atomic E-state index is 0.324. The summed E-state index contributed by atoms with van der Waals surface area (Å²) in [4.78, 5) is 11.5. The zero-order chi connectivity index (χ0) is 19.8. The van der Waals surface area contributed by atoms with Gasteiger partial charge in [-0.3, -0.25) is 4.79 Å². The lowest BCUT2D eigenvalue weighted by molar-refractivity contribution is -0.138. The molecule has 0 aliphatic rings. The van der Waals surface area contributed by atoms with Crippen LogP contribution in [0.25, 0.3) is 11.1 Å². The Balaban J connectivity index is 1.66. The van der Waals surface area contributed by atoms with E-state index in [1.54, 1.807) is 6.92 Å². The van der Waals surface area contributed by atoms with Crippen LogP contribution in [0.5, 0.6) is 0 Å². The van der Waals surface area contributed by atoms with Crippen LogP contribution in [-0.2, 0) is 11.3 Å². The van der Waals surface area contributed by atoms with E-state index in [9.17, 15) is 9.90 Å². The molecule has 0 aliphatic heterocycles. The summed E-state index contributed by atoms with van der Waals surface area (Å²) < 4.78 is 0. The number of hydrogen-bond acceptors (Lipinski definition) is 2. The molecule has 0 fully saturated rings. The number of carboxylic acids is 1. The van der Waals surface area contributed by atoms with Crippen molar-refractivity contribution in [3.8, 4) is 23.0 Å². The summed E-state index contributed by atoms with van der Waals surface area (Å²) in [6.45, 7) is 2.42. The van der Waals surface area contributed by atoms with Gasteiger partial charge in [-0.2, -0.15) is 0 Å². The van der Waals surface area contributed by atoms with Gasteiger partial charge in [-0.25, -0.2) is 0 Å². The topological polar surface area (TPSA) is 49.3 Å². The first-order valence-corrected chi connectivity index (χ1v) is 9.28. The van der Waals surface area contributed by atoms with Crippen LogP contribution in [0.2, 0.25) is 0 Å². The first kappa shape index (κ1) is 19.3. The standard InChI is InChI=1S/C25H23NO2/c1-2-3-12-24(25(27)28)21-13-15-23(16-14-21)26-18-19-8-7-11-22(17-19)20-9-5-4-6-10-20/h4-11,13-17,24,26H,12,18H2,1H3,(H,27,28). The summed E-state index contributed by atoms with van der Waals surface area (Å²) in [6.07, 6.45) is 0.324. The minimum Gasteiger partial charge on any atom is -0.481 e. The second-order valence-corrected chi connectivity index (χ2v) is 6.56. The van der Waals surface area contributed by atoms with Crippen LogP contribution in [0.3, 0.4) is 0 Å². The summed E-state index contributed by atoms with van der Waals surface area (Å²) in [5.74, 6) is 4.19. The van der Waals surface area contributed by atoms with E-state index in [4.69, 9.17) is 0 Å². The Hall–Kier alpha value is -3.51. The highest BCUT2D eigenvalue weighted by Gasteiger charge is 2.18. The molecule has 0 saturated heterocycles. The molecule has 28 heavy (non-hydrogen) atoms. The maximum Gasteiger partial charge on any atom is 0.311 e. The van der Waals surface area contributed by atoms with Crippen molar-refractivity contribution in [2.75, 3.05) is 5.32 Å². The molecule has 3 heteroatoms. The maximum absolute atomic E-state index is 11.5. The molecular weight excluding hydrogens is 346 g/mol. The van der Waals surface area contributed by atoms with Gasteiger partial charge in [0.25, 0.3) is 0 Å². The monoisotopic (exact) mass is 369 g/mol. The number of benzene rings is 3. The van der Waals surface area contributed by atoms with Crippen LogP contribution in [0.1, 0.15) is 30.4 Å². The molecular formula is C25H23NO2. The fourth-order valence-electron chi connectivity index (χ4n) is 3.08. The number of nitrogens with one attached hydrogen (secondary N) is 1. The van der Waals surface area contributed by atoms with Gasteiger partial charge in [0, 0.05) is 18.7 Å². The summed E-state index contributed by atoms with van der Waals surface area (Å²) >= 11 is 0. The molecule has 0 aromatic heterocycles. The van der Waals surface area contributed by atoms with Gasteiger partial charge in [0.15, 0.2) is 0 Å². The predicted molar refractivity (Wildman–Crippen MR) is 114 cm³/mol. The average Bonchev–Trinajstić information content (AvgIpc) is 2.74. The lowest BCUT2D eigenvalue weighted by Crippen LogP contribution is -2.11. The molecule has 0 heterocycles. The van der Waals surface area contributed by atoms with Crippen LogP contribution in [0.4, 0.5) is 5.69 Å². The fraction of sp³-hybridized carbons (Fsp3) is 0.160. The zero-order valence-electron chi connectivity index (χ0n) is 15.9. The molecule has 0 saturated carbocycles. The van der Waals surface area contributed by atoms with Gasteiger partial charge in [-0.1, -0.05) is 60.7 Å². The third-order valence-corrected chi connectivity index (χ3v) is 4.62. The Labute approximate surface area is 166 Å². The molecule has 1 unspecified atom stereocenters. The molecule has 3 aromatic rings. The van der Waals surface area contributed by atoms with E-state index in [2.05, 4.69) is 53.6 Å². The van der Waals surface area contributed by atoms with Crippen molar-refractivity contribution >= 4 is 11.7 Å². The van der Waals surface area contributed by atoms with Crippen molar-refractivity contribution in [3.63, 3.8) is 0 Å². The fourth-order valence-corrected chi connectivity index (χ4v) is 3.08. The summed E-state index contributed by atoms with van der Waals surface area (Å²) in [6, 6.07) is 26.3. The van der Waals surface area contributed by atoms with Crippen LogP contribution in [0, 0.1) is 11.8 Å². The van der Waals surface area contributed by atoms with Crippen LogP contribution in [0.15, 0.2) is 78.9 Å². The van der Waals surface area contributed by atoms with Gasteiger partial charge in [0.2, 0.25) is 0 Å². The minimum atomic E-state index is -0.846. The van der Waals surface area contributed by atoms with E-state index in [-0.39, 0.29) is 0 Å². The van der Waals surface area contributed by atoms with Crippen molar-refractivity contribution in [1.29, 1.82) is 0 Å². The first-order valence-electron chi connectivity index (χ1n) is 9.28. The molecule has 0 amide bonds. The van der Waals surface area contributed by atoms with Gasteiger partial charge in [-0.15, -0.1) is 11.8 Å². The van der Waals surface area contributed by atoms with E-state index in [1.165, 1.54) is 16.7 Å².